The lowest BCUT2D eigenvalue weighted by atomic mass is 9.99. The van der Waals surface area contributed by atoms with Gasteiger partial charge in [0.2, 0.25) is 0 Å². The topological polar surface area (TPSA) is 63.1 Å². The second kappa shape index (κ2) is 13.3. The number of aliphatic imine (C=N–C) groups is 1. The fourth-order valence-electron chi connectivity index (χ4n) is 6.04. The van der Waals surface area contributed by atoms with Crippen LogP contribution in [0.25, 0.3) is 50.7 Å². The molecule has 1 atom stereocenters. The summed E-state index contributed by atoms with van der Waals surface area (Å²) in [5, 5.41) is 3.63. The fraction of sp³-hybridized carbons (Fsp3) is 0.0455. The maximum Gasteiger partial charge on any atom is 0.134 e. The highest BCUT2D eigenvalue weighted by Gasteiger charge is 2.19. The summed E-state index contributed by atoms with van der Waals surface area (Å²) in [7, 11) is 0. The first kappa shape index (κ1) is 29.9. The number of pyridine rings is 3. The van der Waals surface area contributed by atoms with Crippen molar-refractivity contribution in [3.63, 3.8) is 0 Å². The Bertz CT molecular complexity index is 2260. The first-order valence-electron chi connectivity index (χ1n) is 16.4. The molecule has 49 heavy (non-hydrogen) atoms. The van der Waals surface area contributed by atoms with Crippen molar-refractivity contribution in [3.8, 4) is 45.0 Å². The van der Waals surface area contributed by atoms with E-state index in [0.29, 0.717) is 0 Å². The second-order valence-electron chi connectivity index (χ2n) is 12.1. The summed E-state index contributed by atoms with van der Waals surface area (Å²) in [6, 6.07) is 52.1. The standard InChI is InChI=1S/C44H33N5/c1-30-17-23-38(45-28-30)42-25-37(31-11-5-2-6-12-31)26-43(47-42)39-24-22-36(29-46-39)32-18-20-34(21-19-32)41-27-40(33-13-7-3-8-14-33)48-44(49-41)35-15-9-4-10-16-35/h2-29,40H,1H3,(H,48,49). The normalized spacial score (nSPS) is 14.0. The SMILES string of the molecule is Cc1ccc(-c2cc(-c3ccccc3)cc(-c3ccc(-c4ccc(C5=CC(c6ccccc6)NC(c6ccccc6)=N5)cc4)cn3)n2)nc1. The molecule has 1 aliphatic heterocycles. The Morgan fingerprint density at radius 3 is 1.63 bits per heavy atom. The lowest BCUT2D eigenvalue weighted by Gasteiger charge is -2.24. The molecule has 0 saturated heterocycles. The molecule has 1 aliphatic rings. The van der Waals surface area contributed by atoms with E-state index in [2.05, 4.69) is 126 Å². The number of nitrogens with one attached hydrogen (secondary N) is 1. The first-order chi connectivity index (χ1) is 24.2. The van der Waals surface area contributed by atoms with E-state index in [-0.39, 0.29) is 6.04 Å². The van der Waals surface area contributed by atoms with Crippen LogP contribution in [0.3, 0.4) is 0 Å². The summed E-state index contributed by atoms with van der Waals surface area (Å²) in [4.78, 5) is 19.6. The number of rotatable bonds is 7. The number of nitrogens with zero attached hydrogens (tertiary/aromatic N) is 4. The number of benzene rings is 4. The van der Waals surface area contributed by atoms with E-state index >= 15 is 0 Å². The Balaban J connectivity index is 1.09. The van der Waals surface area contributed by atoms with E-state index in [9.17, 15) is 0 Å². The highest BCUT2D eigenvalue weighted by molar-refractivity contribution is 6.03. The van der Waals surface area contributed by atoms with Crippen molar-refractivity contribution in [2.24, 2.45) is 4.99 Å². The predicted molar refractivity (Wildman–Crippen MR) is 200 cm³/mol. The van der Waals surface area contributed by atoms with Crippen molar-refractivity contribution in [1.29, 1.82) is 0 Å². The summed E-state index contributed by atoms with van der Waals surface area (Å²) in [6.45, 7) is 2.04. The third-order valence-corrected chi connectivity index (χ3v) is 8.70. The third-order valence-electron chi connectivity index (χ3n) is 8.70. The largest absolute Gasteiger partial charge is 0.359 e. The highest BCUT2D eigenvalue weighted by Crippen LogP contribution is 2.32. The molecule has 3 aromatic heterocycles. The average Bonchev–Trinajstić information content (AvgIpc) is 3.19. The van der Waals surface area contributed by atoms with Crippen LogP contribution in [-0.2, 0) is 0 Å². The molecule has 234 valence electrons. The Morgan fingerprint density at radius 1 is 0.469 bits per heavy atom. The summed E-state index contributed by atoms with van der Waals surface area (Å²) < 4.78 is 0. The monoisotopic (exact) mass is 631 g/mol. The predicted octanol–water partition coefficient (Wildman–Crippen LogP) is 9.98. The second-order valence-corrected chi connectivity index (χ2v) is 12.1. The van der Waals surface area contributed by atoms with Crippen molar-refractivity contribution in [1.82, 2.24) is 20.3 Å². The molecule has 1 unspecified atom stereocenters. The number of hydrogen-bond donors (Lipinski definition) is 1. The van der Waals surface area contributed by atoms with Gasteiger partial charge in [-0.2, -0.15) is 0 Å². The van der Waals surface area contributed by atoms with E-state index in [1.165, 1.54) is 5.56 Å². The average molecular weight is 632 g/mol. The Morgan fingerprint density at radius 2 is 1.02 bits per heavy atom. The van der Waals surface area contributed by atoms with Crippen LogP contribution in [0.5, 0.6) is 0 Å². The van der Waals surface area contributed by atoms with Gasteiger partial charge in [-0.3, -0.25) is 9.97 Å². The highest BCUT2D eigenvalue weighted by atomic mass is 15.0. The van der Waals surface area contributed by atoms with Gasteiger partial charge in [0.1, 0.15) is 5.84 Å². The maximum atomic E-state index is 5.05. The molecule has 8 rings (SSSR count). The quantitative estimate of drug-likeness (QED) is 0.190. The van der Waals surface area contributed by atoms with Crippen LogP contribution in [0.1, 0.15) is 28.3 Å². The molecule has 0 radical (unpaired) electrons. The first-order valence-corrected chi connectivity index (χ1v) is 16.4. The van der Waals surface area contributed by atoms with Gasteiger partial charge < -0.3 is 5.32 Å². The van der Waals surface area contributed by atoms with Gasteiger partial charge in [0.25, 0.3) is 0 Å². The molecule has 4 heterocycles. The van der Waals surface area contributed by atoms with Crippen LogP contribution in [0.2, 0.25) is 0 Å². The molecule has 0 fully saturated rings. The molecule has 4 aromatic carbocycles. The maximum absolute atomic E-state index is 5.05. The minimum Gasteiger partial charge on any atom is -0.359 e. The molecule has 0 spiro atoms. The lowest BCUT2D eigenvalue weighted by molar-refractivity contribution is 0.781. The van der Waals surface area contributed by atoms with E-state index in [4.69, 9.17) is 15.0 Å². The smallest absolute Gasteiger partial charge is 0.134 e. The number of amidine groups is 1. The van der Waals surface area contributed by atoms with E-state index in [1.54, 1.807) is 0 Å². The van der Waals surface area contributed by atoms with Crippen molar-refractivity contribution < 1.29 is 0 Å². The lowest BCUT2D eigenvalue weighted by Crippen LogP contribution is -2.31. The van der Waals surface area contributed by atoms with Crippen LogP contribution >= 0.6 is 0 Å². The molecule has 5 nitrogen and oxygen atoms in total. The summed E-state index contributed by atoms with van der Waals surface area (Å²) in [5.74, 6) is 0.863. The van der Waals surface area contributed by atoms with Crippen LogP contribution in [-0.4, -0.2) is 20.8 Å². The zero-order chi connectivity index (χ0) is 33.0. The van der Waals surface area contributed by atoms with Crippen molar-refractivity contribution >= 4 is 11.5 Å². The van der Waals surface area contributed by atoms with E-state index in [1.807, 2.05) is 61.8 Å². The molecular formula is C44H33N5. The minimum absolute atomic E-state index is 0.0108. The summed E-state index contributed by atoms with van der Waals surface area (Å²) >= 11 is 0. The zero-order valence-electron chi connectivity index (χ0n) is 27.0. The molecular weight excluding hydrogens is 599 g/mol. The van der Waals surface area contributed by atoms with Crippen LogP contribution < -0.4 is 5.32 Å². The van der Waals surface area contributed by atoms with Gasteiger partial charge in [0.05, 0.1) is 34.5 Å². The molecule has 1 N–H and O–H groups in total. The molecule has 0 amide bonds. The third kappa shape index (κ3) is 6.55. The zero-order valence-corrected chi connectivity index (χ0v) is 27.0. The van der Waals surface area contributed by atoms with Gasteiger partial charge >= 0.3 is 0 Å². The Kier molecular flexibility index (Phi) is 8.14. The molecule has 5 heteroatoms. The molecule has 0 bridgehead atoms. The molecule has 7 aromatic rings. The van der Waals surface area contributed by atoms with E-state index in [0.717, 1.165) is 73.3 Å². The Hall–Kier alpha value is -6.46. The van der Waals surface area contributed by atoms with Crippen LogP contribution in [0.4, 0.5) is 0 Å². The van der Waals surface area contributed by atoms with Gasteiger partial charge in [-0.05, 0) is 70.6 Å². The van der Waals surface area contributed by atoms with Gasteiger partial charge in [0.15, 0.2) is 0 Å². The number of hydrogen-bond acceptors (Lipinski definition) is 5. The van der Waals surface area contributed by atoms with Crippen molar-refractivity contribution in [2.75, 3.05) is 0 Å². The fourth-order valence-corrected chi connectivity index (χ4v) is 6.04. The van der Waals surface area contributed by atoms with Gasteiger partial charge in [-0.25, -0.2) is 9.98 Å². The van der Waals surface area contributed by atoms with Gasteiger partial charge in [0, 0.05) is 23.5 Å². The molecule has 0 saturated carbocycles. The van der Waals surface area contributed by atoms with Crippen molar-refractivity contribution in [3.05, 3.63) is 192 Å². The summed E-state index contributed by atoms with van der Waals surface area (Å²) in [6.07, 6.45) is 6.00. The van der Waals surface area contributed by atoms with Crippen molar-refractivity contribution in [2.45, 2.75) is 13.0 Å². The van der Waals surface area contributed by atoms with Gasteiger partial charge in [-0.1, -0.05) is 127 Å². The minimum atomic E-state index is 0.0108. The van der Waals surface area contributed by atoms with E-state index < -0.39 is 0 Å². The number of aryl methyl sites for hydroxylation is 1. The van der Waals surface area contributed by atoms with Crippen LogP contribution in [0, 0.1) is 6.92 Å². The summed E-state index contributed by atoms with van der Waals surface area (Å²) in [5.41, 5.74) is 12.9. The number of aromatic nitrogens is 3. The molecule has 0 aliphatic carbocycles. The van der Waals surface area contributed by atoms with Gasteiger partial charge in [-0.15, -0.1) is 0 Å². The van der Waals surface area contributed by atoms with Crippen LogP contribution in [0.15, 0.2) is 175 Å². The Labute approximate surface area is 286 Å².